The molecule has 0 radical (unpaired) electrons. The minimum Gasteiger partial charge on any atom is -0.338 e. The predicted octanol–water partition coefficient (Wildman–Crippen LogP) is 3.11. The summed E-state index contributed by atoms with van der Waals surface area (Å²) in [6.07, 6.45) is 2.44. The van der Waals surface area contributed by atoms with Gasteiger partial charge in [-0.15, -0.1) is 0 Å². The van der Waals surface area contributed by atoms with Crippen molar-refractivity contribution in [3.8, 4) is 0 Å². The van der Waals surface area contributed by atoms with Crippen molar-refractivity contribution in [3.63, 3.8) is 0 Å². The van der Waals surface area contributed by atoms with E-state index in [4.69, 9.17) is 21.9 Å². The number of hydrogen-bond donors (Lipinski definition) is 1. The Labute approximate surface area is 111 Å². The number of nitrogens with zero attached hydrogens (tertiary/aromatic N) is 2. The van der Waals surface area contributed by atoms with Crippen molar-refractivity contribution in [2.24, 2.45) is 5.73 Å². The summed E-state index contributed by atoms with van der Waals surface area (Å²) in [7, 11) is 0. The van der Waals surface area contributed by atoms with E-state index in [0.29, 0.717) is 23.2 Å². The van der Waals surface area contributed by atoms with Gasteiger partial charge in [-0.2, -0.15) is 4.98 Å². The van der Waals surface area contributed by atoms with E-state index in [-0.39, 0.29) is 6.04 Å². The van der Waals surface area contributed by atoms with Crippen LogP contribution in [0.25, 0.3) is 0 Å². The van der Waals surface area contributed by atoms with Crippen LogP contribution in [0.15, 0.2) is 28.8 Å². The molecule has 0 unspecified atom stereocenters. The molecule has 0 aliphatic carbocycles. The average molecular weight is 266 g/mol. The first-order chi connectivity index (χ1) is 8.69. The summed E-state index contributed by atoms with van der Waals surface area (Å²) in [6, 6.07) is 7.44. The maximum absolute atomic E-state index is 5.92. The number of rotatable bonds is 5. The number of hydrogen-bond acceptors (Lipinski definition) is 4. The third kappa shape index (κ3) is 3.31. The van der Waals surface area contributed by atoms with Crippen LogP contribution in [-0.2, 0) is 6.42 Å². The average Bonchev–Trinajstić information content (AvgIpc) is 2.78. The Kier molecular flexibility index (Phi) is 4.33. The molecule has 0 aliphatic heterocycles. The van der Waals surface area contributed by atoms with Crippen molar-refractivity contribution >= 4 is 11.6 Å². The van der Waals surface area contributed by atoms with Crippen LogP contribution in [0.2, 0.25) is 5.02 Å². The van der Waals surface area contributed by atoms with Crippen LogP contribution in [0.5, 0.6) is 0 Å². The Hall–Kier alpha value is -1.39. The Bertz CT molecular complexity index is 512. The lowest BCUT2D eigenvalue weighted by molar-refractivity contribution is 0.345. The minimum atomic E-state index is -0.171. The molecule has 2 rings (SSSR count). The third-order valence-corrected chi connectivity index (χ3v) is 2.89. The molecule has 18 heavy (non-hydrogen) atoms. The molecule has 1 atom stereocenters. The molecule has 2 aromatic rings. The number of aromatic nitrogens is 2. The lowest BCUT2D eigenvalue weighted by Crippen LogP contribution is -2.10. The van der Waals surface area contributed by atoms with Gasteiger partial charge in [0.05, 0.1) is 6.04 Å². The van der Waals surface area contributed by atoms with Gasteiger partial charge in [-0.05, 0) is 24.1 Å². The summed E-state index contributed by atoms with van der Waals surface area (Å²) in [5.74, 6) is 1.15. The van der Waals surface area contributed by atoms with Gasteiger partial charge in [-0.3, -0.25) is 0 Å². The summed E-state index contributed by atoms with van der Waals surface area (Å²) in [6.45, 7) is 2.07. The van der Waals surface area contributed by atoms with Gasteiger partial charge in [-0.25, -0.2) is 0 Å². The summed E-state index contributed by atoms with van der Waals surface area (Å²) < 4.78 is 5.16. The normalized spacial score (nSPS) is 12.6. The van der Waals surface area contributed by atoms with Gasteiger partial charge in [0, 0.05) is 11.4 Å². The van der Waals surface area contributed by atoms with E-state index in [1.54, 1.807) is 0 Å². The van der Waals surface area contributed by atoms with Crippen molar-refractivity contribution in [2.75, 3.05) is 0 Å². The zero-order chi connectivity index (χ0) is 13.0. The maximum atomic E-state index is 5.92. The molecule has 1 aromatic carbocycles. The topological polar surface area (TPSA) is 64.9 Å². The lowest BCUT2D eigenvalue weighted by atomic mass is 10.1. The largest absolute Gasteiger partial charge is 0.338 e. The molecule has 1 aromatic heterocycles. The first-order valence-corrected chi connectivity index (χ1v) is 6.39. The second-order valence-corrected chi connectivity index (χ2v) is 4.69. The van der Waals surface area contributed by atoms with Crippen molar-refractivity contribution in [1.29, 1.82) is 0 Å². The van der Waals surface area contributed by atoms with Crippen LogP contribution in [0.4, 0.5) is 0 Å². The highest BCUT2D eigenvalue weighted by Gasteiger charge is 2.13. The number of benzene rings is 1. The van der Waals surface area contributed by atoms with Gasteiger partial charge in [0.1, 0.15) is 0 Å². The van der Waals surface area contributed by atoms with E-state index in [1.807, 2.05) is 24.3 Å². The molecule has 4 nitrogen and oxygen atoms in total. The molecule has 0 saturated heterocycles. The lowest BCUT2D eigenvalue weighted by Gasteiger charge is -2.02. The second-order valence-electron chi connectivity index (χ2n) is 4.25. The smallest absolute Gasteiger partial charge is 0.243 e. The monoisotopic (exact) mass is 265 g/mol. The molecular formula is C13H16ClN3O. The van der Waals surface area contributed by atoms with Crippen LogP contribution in [0.3, 0.4) is 0 Å². The number of nitrogens with two attached hydrogens (primary N) is 1. The third-order valence-electron chi connectivity index (χ3n) is 2.65. The molecule has 0 spiro atoms. The molecule has 0 fully saturated rings. The first-order valence-electron chi connectivity index (χ1n) is 6.01. The Morgan fingerprint density at radius 3 is 3.00 bits per heavy atom. The highest BCUT2D eigenvalue weighted by atomic mass is 35.5. The maximum Gasteiger partial charge on any atom is 0.243 e. The summed E-state index contributed by atoms with van der Waals surface area (Å²) in [4.78, 5) is 4.31. The van der Waals surface area contributed by atoms with Crippen molar-refractivity contribution in [1.82, 2.24) is 10.1 Å². The van der Waals surface area contributed by atoms with Gasteiger partial charge in [0.25, 0.3) is 0 Å². The molecule has 1 heterocycles. The van der Waals surface area contributed by atoms with E-state index in [9.17, 15) is 0 Å². The van der Waals surface area contributed by atoms with Crippen molar-refractivity contribution in [3.05, 3.63) is 46.6 Å². The molecule has 0 bridgehead atoms. The highest BCUT2D eigenvalue weighted by molar-refractivity contribution is 6.30. The highest BCUT2D eigenvalue weighted by Crippen LogP contribution is 2.16. The fourth-order valence-electron chi connectivity index (χ4n) is 1.75. The molecule has 0 saturated carbocycles. The van der Waals surface area contributed by atoms with Crippen LogP contribution in [0, 0.1) is 0 Å². The van der Waals surface area contributed by atoms with Crippen LogP contribution in [-0.4, -0.2) is 10.1 Å². The molecule has 2 N–H and O–H groups in total. The van der Waals surface area contributed by atoms with E-state index < -0.39 is 0 Å². The van der Waals surface area contributed by atoms with Crippen LogP contribution < -0.4 is 5.73 Å². The Balaban J connectivity index is 2.06. The second kappa shape index (κ2) is 5.98. The van der Waals surface area contributed by atoms with Gasteiger partial charge in [0.2, 0.25) is 5.89 Å². The molecular weight excluding hydrogens is 250 g/mol. The quantitative estimate of drug-likeness (QED) is 0.902. The fourth-order valence-corrected chi connectivity index (χ4v) is 1.97. The van der Waals surface area contributed by atoms with Gasteiger partial charge in [-0.1, -0.05) is 42.2 Å². The summed E-state index contributed by atoms with van der Waals surface area (Å²) in [5.41, 5.74) is 6.97. The van der Waals surface area contributed by atoms with Gasteiger partial charge in [0.15, 0.2) is 5.82 Å². The SMILES string of the molecule is CCC[C@@H](N)c1nc(Cc2cccc(Cl)c2)no1. The predicted molar refractivity (Wildman–Crippen MR) is 70.4 cm³/mol. The van der Waals surface area contributed by atoms with Crippen LogP contribution >= 0.6 is 11.6 Å². The molecule has 5 heteroatoms. The van der Waals surface area contributed by atoms with E-state index in [2.05, 4.69) is 17.1 Å². The standard InChI is InChI=1S/C13H16ClN3O/c1-2-4-11(15)13-16-12(17-18-13)8-9-5-3-6-10(14)7-9/h3,5-7,11H,2,4,8,15H2,1H3/t11-/m1/s1. The van der Waals surface area contributed by atoms with E-state index in [0.717, 1.165) is 18.4 Å². The van der Waals surface area contributed by atoms with E-state index in [1.165, 1.54) is 0 Å². The molecule has 0 aliphatic rings. The summed E-state index contributed by atoms with van der Waals surface area (Å²) >= 11 is 5.92. The zero-order valence-electron chi connectivity index (χ0n) is 10.3. The minimum absolute atomic E-state index is 0.171. The Morgan fingerprint density at radius 1 is 1.44 bits per heavy atom. The zero-order valence-corrected chi connectivity index (χ0v) is 11.0. The van der Waals surface area contributed by atoms with Gasteiger partial charge < -0.3 is 10.3 Å². The van der Waals surface area contributed by atoms with Crippen molar-refractivity contribution < 1.29 is 4.52 Å². The molecule has 0 amide bonds. The van der Waals surface area contributed by atoms with E-state index >= 15 is 0 Å². The fraction of sp³-hybridized carbons (Fsp3) is 0.385. The number of halogens is 1. The van der Waals surface area contributed by atoms with Gasteiger partial charge >= 0.3 is 0 Å². The Morgan fingerprint density at radius 2 is 2.28 bits per heavy atom. The summed E-state index contributed by atoms with van der Waals surface area (Å²) in [5, 5.41) is 4.64. The first kappa shape index (κ1) is 13.1. The van der Waals surface area contributed by atoms with Crippen molar-refractivity contribution in [2.45, 2.75) is 32.2 Å². The van der Waals surface area contributed by atoms with Crippen LogP contribution in [0.1, 0.15) is 43.1 Å². The molecule has 96 valence electrons.